The number of amides is 1. The Labute approximate surface area is 380 Å². The minimum atomic E-state index is -3.24. The summed E-state index contributed by atoms with van der Waals surface area (Å²) in [4.78, 5) is 67.3. The molecule has 3 saturated heterocycles. The normalized spacial score (nSPS) is 36.8. The maximum Gasteiger partial charge on any atom is 0.351 e. The second-order valence-electron chi connectivity index (χ2n) is 18.8. The third kappa shape index (κ3) is 11.8. The van der Waals surface area contributed by atoms with Crippen molar-refractivity contribution in [2.45, 2.75) is 155 Å². The number of aliphatic hydroxyl groups excluding tert-OH is 1. The van der Waals surface area contributed by atoms with E-state index in [1.807, 2.05) is 32.8 Å². The molecule has 0 spiro atoms. The molecule has 0 radical (unpaired) electrons. The number of carbonyl (C=O) groups is 3. The zero-order valence-corrected chi connectivity index (χ0v) is 39.7. The predicted molar refractivity (Wildman–Crippen MR) is 238 cm³/mol. The predicted octanol–water partition coefficient (Wildman–Crippen LogP) is 4.28. The van der Waals surface area contributed by atoms with E-state index in [4.69, 9.17) is 34.3 Å². The molecule has 4 N–H and O–H groups in total. The van der Waals surface area contributed by atoms with E-state index in [9.17, 15) is 24.6 Å². The highest BCUT2D eigenvalue weighted by atomic mass is 19.1. The van der Waals surface area contributed by atoms with Crippen LogP contribution in [-0.4, -0.2) is 146 Å². The van der Waals surface area contributed by atoms with Crippen LogP contribution < -0.4 is 5.73 Å². The van der Waals surface area contributed by atoms with Crippen LogP contribution in [0.4, 0.5) is 10.2 Å². The maximum absolute atomic E-state index is 17.0. The first-order valence-corrected chi connectivity index (χ1v) is 22.3. The van der Waals surface area contributed by atoms with Crippen molar-refractivity contribution < 1.29 is 57.5 Å². The second kappa shape index (κ2) is 21.1. The minimum absolute atomic E-state index is 0.0139. The average molecular weight is 914 g/mol. The number of Topliss-reactive ketones (excluding diaryl/α,β-unsaturated/α-hetero) is 1. The number of nitrogens with zero attached hydrogens (tertiary/aromatic N) is 6. The van der Waals surface area contributed by atoms with Crippen LogP contribution in [0.15, 0.2) is 40.7 Å². The van der Waals surface area contributed by atoms with E-state index in [1.165, 1.54) is 13.8 Å². The number of ether oxygens (including phenoxy) is 5. The third-order valence-corrected chi connectivity index (χ3v) is 12.8. The summed E-state index contributed by atoms with van der Waals surface area (Å²) in [5, 5.41) is 28.6. The number of aliphatic hydroxyl groups is 2. The molecule has 360 valence electrons. The van der Waals surface area contributed by atoms with Gasteiger partial charge < -0.3 is 49.4 Å². The number of carbonyl (C=O) groups excluding carboxylic acids is 3. The van der Waals surface area contributed by atoms with Gasteiger partial charge in [-0.25, -0.2) is 24.1 Å². The van der Waals surface area contributed by atoms with Gasteiger partial charge >= 0.3 is 5.97 Å². The summed E-state index contributed by atoms with van der Waals surface area (Å²) < 4.78 is 49.0. The van der Waals surface area contributed by atoms with E-state index in [0.29, 0.717) is 35.0 Å². The van der Waals surface area contributed by atoms with Crippen molar-refractivity contribution in [2.75, 3.05) is 33.0 Å². The Hall–Kier alpha value is -4.37. The molecule has 0 aliphatic carbocycles. The van der Waals surface area contributed by atoms with Gasteiger partial charge in [0.25, 0.3) is 5.67 Å². The van der Waals surface area contributed by atoms with Gasteiger partial charge in [0.1, 0.15) is 29.3 Å². The van der Waals surface area contributed by atoms with Gasteiger partial charge in [0, 0.05) is 47.5 Å². The first-order chi connectivity index (χ1) is 30.4. The fourth-order valence-corrected chi connectivity index (χ4v) is 9.03. The highest BCUT2D eigenvalue weighted by molar-refractivity contribution is 6.08. The summed E-state index contributed by atoms with van der Waals surface area (Å²) in [6.07, 6.45) is -3.52. The number of hydrogen-bond acceptors (Lipinski definition) is 17. The number of aliphatic imine (C=N–C) groups is 1. The Morgan fingerprint density at radius 2 is 1.78 bits per heavy atom. The number of ketones is 1. The van der Waals surface area contributed by atoms with Crippen molar-refractivity contribution >= 4 is 34.9 Å². The summed E-state index contributed by atoms with van der Waals surface area (Å²) in [6.45, 7) is 15.0. The quantitative estimate of drug-likeness (QED) is 0.181. The van der Waals surface area contributed by atoms with E-state index in [1.54, 1.807) is 65.2 Å². The topological polar surface area (TPSA) is 240 Å². The number of cyclic esters (lactones) is 1. The second-order valence-corrected chi connectivity index (χ2v) is 18.8. The van der Waals surface area contributed by atoms with Gasteiger partial charge in [0.05, 0.1) is 42.8 Å². The Morgan fingerprint density at radius 3 is 2.40 bits per heavy atom. The minimum Gasteiger partial charge on any atom is -0.457 e. The summed E-state index contributed by atoms with van der Waals surface area (Å²) >= 11 is 0. The lowest BCUT2D eigenvalue weighted by Crippen LogP contribution is -2.61. The first kappa shape index (κ1) is 51.6. The number of hydrogen-bond donors (Lipinski definition) is 3. The van der Waals surface area contributed by atoms with Crippen LogP contribution in [0.1, 0.15) is 94.2 Å². The summed E-state index contributed by atoms with van der Waals surface area (Å²) in [7, 11) is 3.63. The molecule has 2 bridgehead atoms. The van der Waals surface area contributed by atoms with Crippen LogP contribution in [0, 0.1) is 23.7 Å². The monoisotopic (exact) mass is 913 g/mol. The number of likely N-dealkylation sites (N-methyl/N-ethyl adjacent to an activating group) is 1. The van der Waals surface area contributed by atoms with E-state index >= 15 is 4.39 Å². The van der Waals surface area contributed by atoms with Crippen LogP contribution >= 0.6 is 0 Å². The highest BCUT2D eigenvalue weighted by Gasteiger charge is 2.56. The van der Waals surface area contributed by atoms with Crippen molar-refractivity contribution in [1.82, 2.24) is 19.9 Å². The van der Waals surface area contributed by atoms with Gasteiger partial charge in [-0.3, -0.25) is 14.6 Å². The molecule has 65 heavy (non-hydrogen) atoms. The number of esters is 1. The number of aromatic nitrogens is 3. The van der Waals surface area contributed by atoms with Crippen LogP contribution in [0.5, 0.6) is 0 Å². The molecular weight excluding hydrogens is 846 g/mol. The van der Waals surface area contributed by atoms with Gasteiger partial charge in [-0.1, -0.05) is 46.7 Å². The molecule has 1 amide bonds. The molecule has 3 fully saturated rings. The Balaban J connectivity index is 1.67. The van der Waals surface area contributed by atoms with Crippen LogP contribution in [0.2, 0.25) is 0 Å². The van der Waals surface area contributed by atoms with Crippen LogP contribution in [0.3, 0.4) is 0 Å². The largest absolute Gasteiger partial charge is 0.457 e. The zero-order valence-electron chi connectivity index (χ0n) is 39.7. The molecular formula is C46H68FN7O11. The lowest BCUT2D eigenvalue weighted by Gasteiger charge is -2.47. The van der Waals surface area contributed by atoms with Crippen molar-refractivity contribution in [3.63, 3.8) is 0 Å². The standard InChI is InChI=1S/C46H68FN7O11/c1-13-33-46(10,59)39-27(6)35(52-41(57)24(2)3)25(4)19-44(8,61-22-31(21-60-39)53-62-23-30-15-14-29(20-50-30)40-49-17-16-34(48)51-40)38(28(7)37(56)45(9,47)43(58)64-33)65-42-36(55)32(54(11)12)18-26(5)63-42/h14-17,20,24-28,32-33,36,38-39,42,55,59H,13,18-19,21-23H2,1-12H3,(H2,48,49,51)/b52-35?,53-31+/t25-,26-,27+,28+,32+,33-,36-,38-,39+,42+,44-,45+,46-/m1/s1. The lowest BCUT2D eigenvalue weighted by atomic mass is 9.73. The smallest absolute Gasteiger partial charge is 0.351 e. The number of nitrogen functional groups attached to an aromatic ring is 1. The zero-order chi connectivity index (χ0) is 48.2. The molecule has 0 unspecified atom stereocenters. The SMILES string of the molecule is CC[C@H]1OC(=O)[C@@](C)(F)C(=O)[C@H](C)[C@@H](O[C@@H]2O[C@H](C)C[C@H](N(C)C)[C@H]2O)[C@@]2(C)C[C@@H](C)C(=NC(=O)C(C)C)[C@H](C)[C@H](OC/C(=N\OCc3ccc(-c4nccc(N)n4)cn3)CO2)[C@]1(C)O. The summed E-state index contributed by atoms with van der Waals surface area (Å²) in [6, 6.07) is 4.64. The Morgan fingerprint density at radius 1 is 1.08 bits per heavy atom. The van der Waals surface area contributed by atoms with Crippen LogP contribution in [-0.2, 0) is 49.5 Å². The number of pyridine rings is 1. The molecule has 2 aromatic rings. The van der Waals surface area contributed by atoms with E-state index in [0.717, 1.165) is 6.92 Å². The van der Waals surface area contributed by atoms with Crippen LogP contribution in [0.25, 0.3) is 11.4 Å². The van der Waals surface area contributed by atoms with Gasteiger partial charge in [0.15, 0.2) is 24.5 Å². The molecule has 3 aliphatic rings. The van der Waals surface area contributed by atoms with Gasteiger partial charge in [-0.2, -0.15) is 0 Å². The Bertz CT molecular complexity index is 2050. The highest BCUT2D eigenvalue weighted by Crippen LogP contribution is 2.41. The number of alkyl halides is 1. The Kier molecular flexibility index (Phi) is 16.7. The van der Waals surface area contributed by atoms with Gasteiger partial charge in [0.2, 0.25) is 5.91 Å². The van der Waals surface area contributed by atoms with Gasteiger partial charge in [-0.05, 0) is 85.2 Å². The number of anilines is 1. The van der Waals surface area contributed by atoms with E-state index in [-0.39, 0.29) is 38.4 Å². The fourth-order valence-electron chi connectivity index (χ4n) is 9.03. The van der Waals surface area contributed by atoms with Crippen molar-refractivity contribution in [3.05, 3.63) is 36.3 Å². The molecule has 3 aliphatic heterocycles. The lowest BCUT2D eigenvalue weighted by molar-refractivity contribution is -0.296. The number of fused-ring (bicyclic) bond motifs is 5. The number of rotatable bonds is 9. The third-order valence-electron chi connectivity index (χ3n) is 12.8. The summed E-state index contributed by atoms with van der Waals surface area (Å²) in [5.74, 6) is -5.90. The summed E-state index contributed by atoms with van der Waals surface area (Å²) in [5.41, 5.74) is 0.564. The van der Waals surface area contributed by atoms with E-state index in [2.05, 4.69) is 25.1 Å². The molecule has 13 atom stereocenters. The maximum atomic E-state index is 17.0. The first-order valence-electron chi connectivity index (χ1n) is 22.3. The number of oxime groups is 1. The van der Waals surface area contributed by atoms with Crippen molar-refractivity contribution in [3.8, 4) is 11.4 Å². The molecule has 5 heterocycles. The number of halogens is 1. The van der Waals surface area contributed by atoms with E-state index < -0.39 is 101 Å². The molecule has 18 nitrogen and oxygen atoms in total. The molecule has 19 heteroatoms. The fraction of sp³-hybridized carbons (Fsp3) is 0.696. The van der Waals surface area contributed by atoms with Crippen molar-refractivity contribution in [2.24, 2.45) is 33.8 Å². The average Bonchev–Trinajstić information content (AvgIpc) is 3.26. The molecule has 0 saturated carbocycles. The molecule has 2 aromatic heterocycles. The molecule has 5 rings (SSSR count). The van der Waals surface area contributed by atoms with Gasteiger partial charge in [-0.15, -0.1) is 0 Å². The van der Waals surface area contributed by atoms with Crippen molar-refractivity contribution in [1.29, 1.82) is 0 Å². The molecule has 0 aromatic carbocycles. The number of nitrogens with two attached hydrogens (primary N) is 1.